The second-order valence-electron chi connectivity index (χ2n) is 5.43. The topological polar surface area (TPSA) is 88.2 Å². The summed E-state index contributed by atoms with van der Waals surface area (Å²) in [4.78, 5) is 16.5. The van der Waals surface area contributed by atoms with E-state index in [1.165, 1.54) is 17.4 Å². The van der Waals surface area contributed by atoms with E-state index in [-0.39, 0.29) is 23.8 Å². The Morgan fingerprint density at radius 1 is 1.12 bits per heavy atom. The minimum absolute atomic E-state index is 0.0232. The van der Waals surface area contributed by atoms with Crippen LogP contribution in [0.5, 0.6) is 0 Å². The van der Waals surface area contributed by atoms with Crippen LogP contribution < -0.4 is 10.0 Å². The lowest BCUT2D eigenvalue weighted by Crippen LogP contribution is -2.30. The van der Waals surface area contributed by atoms with Crippen molar-refractivity contribution in [1.29, 1.82) is 0 Å². The number of carbonyl (C=O) groups is 1. The molecule has 0 aliphatic rings. The molecule has 9 heteroatoms. The van der Waals surface area contributed by atoms with Gasteiger partial charge in [0.15, 0.2) is 0 Å². The quantitative estimate of drug-likeness (QED) is 0.575. The van der Waals surface area contributed by atoms with Crippen LogP contribution >= 0.6 is 27.3 Å². The number of amides is 1. The number of rotatable bonds is 7. The molecule has 1 heterocycles. The van der Waals surface area contributed by atoms with Crippen LogP contribution in [0, 0.1) is 0 Å². The molecule has 0 bridgehead atoms. The number of nitrogens with zero attached hydrogens (tertiary/aromatic N) is 1. The molecule has 26 heavy (non-hydrogen) atoms. The molecular weight excluding hydrogens is 438 g/mol. The molecular formula is C17H16BrN3O3S2. The molecule has 0 unspecified atom stereocenters. The van der Waals surface area contributed by atoms with Crippen LogP contribution in [-0.2, 0) is 21.4 Å². The van der Waals surface area contributed by atoms with Crippen molar-refractivity contribution >= 4 is 53.4 Å². The molecule has 1 amide bonds. The predicted octanol–water partition coefficient (Wildman–Crippen LogP) is 3.04. The third-order valence-electron chi connectivity index (χ3n) is 3.55. The Hall–Kier alpha value is -1.81. The van der Waals surface area contributed by atoms with E-state index < -0.39 is 10.0 Å². The predicted molar refractivity (Wildman–Crippen MR) is 105 cm³/mol. The number of aromatic nitrogens is 1. The SMILES string of the molecule is O=C(CCNS(=O)(=O)c1ccccc1Br)NCc1nc2ccccc2s1. The van der Waals surface area contributed by atoms with E-state index >= 15 is 0 Å². The van der Waals surface area contributed by atoms with Crippen molar-refractivity contribution in [1.82, 2.24) is 15.0 Å². The van der Waals surface area contributed by atoms with Crippen molar-refractivity contribution in [2.45, 2.75) is 17.9 Å². The van der Waals surface area contributed by atoms with Gasteiger partial charge in [0, 0.05) is 17.4 Å². The lowest BCUT2D eigenvalue weighted by molar-refractivity contribution is -0.121. The lowest BCUT2D eigenvalue weighted by atomic mass is 10.3. The maximum Gasteiger partial charge on any atom is 0.241 e. The molecule has 0 radical (unpaired) electrons. The summed E-state index contributed by atoms with van der Waals surface area (Å²) in [5.41, 5.74) is 0.906. The maximum absolute atomic E-state index is 12.2. The number of carbonyl (C=O) groups excluding carboxylic acids is 1. The first-order valence-electron chi connectivity index (χ1n) is 7.81. The molecule has 0 aliphatic heterocycles. The summed E-state index contributed by atoms with van der Waals surface area (Å²) in [5.74, 6) is -0.237. The highest BCUT2D eigenvalue weighted by atomic mass is 79.9. The summed E-state index contributed by atoms with van der Waals surface area (Å²) < 4.78 is 28.4. The average molecular weight is 454 g/mol. The highest BCUT2D eigenvalue weighted by molar-refractivity contribution is 9.10. The minimum Gasteiger partial charge on any atom is -0.350 e. The Morgan fingerprint density at radius 2 is 1.85 bits per heavy atom. The third-order valence-corrected chi connectivity index (χ3v) is 7.05. The number of halogens is 1. The summed E-state index contributed by atoms with van der Waals surface area (Å²) >= 11 is 4.74. The number of benzene rings is 2. The van der Waals surface area contributed by atoms with Crippen molar-refractivity contribution in [2.75, 3.05) is 6.54 Å². The van der Waals surface area contributed by atoms with Crippen LogP contribution in [0.2, 0.25) is 0 Å². The van der Waals surface area contributed by atoms with Gasteiger partial charge in [-0.2, -0.15) is 0 Å². The van der Waals surface area contributed by atoms with Gasteiger partial charge in [0.05, 0.1) is 21.7 Å². The lowest BCUT2D eigenvalue weighted by Gasteiger charge is -2.08. The molecule has 1 aromatic heterocycles. The molecule has 0 saturated carbocycles. The molecule has 0 fully saturated rings. The van der Waals surface area contributed by atoms with E-state index in [0.717, 1.165) is 15.2 Å². The standard InChI is InChI=1S/C17H16BrN3O3S2/c18-12-5-1-4-8-15(12)26(23,24)20-10-9-16(22)19-11-17-21-13-6-2-3-7-14(13)25-17/h1-8,20H,9-11H2,(H,19,22). The van der Waals surface area contributed by atoms with Gasteiger partial charge in [-0.25, -0.2) is 18.1 Å². The monoisotopic (exact) mass is 453 g/mol. The van der Waals surface area contributed by atoms with Crippen LogP contribution in [0.4, 0.5) is 0 Å². The first-order valence-corrected chi connectivity index (χ1v) is 10.9. The number of nitrogens with one attached hydrogen (secondary N) is 2. The van der Waals surface area contributed by atoms with Crippen molar-refractivity contribution in [3.63, 3.8) is 0 Å². The second kappa shape index (κ2) is 8.26. The van der Waals surface area contributed by atoms with E-state index in [1.54, 1.807) is 18.2 Å². The maximum atomic E-state index is 12.2. The molecule has 2 N–H and O–H groups in total. The Labute approximate surface area is 163 Å². The van der Waals surface area contributed by atoms with Gasteiger partial charge in [0.1, 0.15) is 5.01 Å². The zero-order valence-electron chi connectivity index (χ0n) is 13.6. The van der Waals surface area contributed by atoms with Gasteiger partial charge in [0.25, 0.3) is 0 Å². The molecule has 6 nitrogen and oxygen atoms in total. The zero-order chi connectivity index (χ0) is 18.6. The van der Waals surface area contributed by atoms with Crippen LogP contribution in [0.25, 0.3) is 10.2 Å². The highest BCUT2D eigenvalue weighted by Gasteiger charge is 2.17. The Kier molecular flexibility index (Phi) is 6.02. The van der Waals surface area contributed by atoms with Gasteiger partial charge >= 0.3 is 0 Å². The molecule has 136 valence electrons. The summed E-state index contributed by atoms with van der Waals surface area (Å²) in [5, 5.41) is 3.58. The van der Waals surface area contributed by atoms with E-state index in [1.807, 2.05) is 24.3 Å². The highest BCUT2D eigenvalue weighted by Crippen LogP contribution is 2.22. The van der Waals surface area contributed by atoms with Crippen molar-refractivity contribution in [3.05, 3.63) is 58.0 Å². The largest absolute Gasteiger partial charge is 0.350 e. The number of hydrogen-bond acceptors (Lipinski definition) is 5. The van der Waals surface area contributed by atoms with E-state index in [2.05, 4.69) is 31.0 Å². The molecule has 2 aromatic carbocycles. The third kappa shape index (κ3) is 4.67. The summed E-state index contributed by atoms with van der Waals surface area (Å²) in [6, 6.07) is 14.3. The van der Waals surface area contributed by atoms with Crippen LogP contribution in [0.3, 0.4) is 0 Å². The average Bonchev–Trinajstić information content (AvgIpc) is 3.03. The first kappa shape index (κ1) is 19.0. The smallest absolute Gasteiger partial charge is 0.241 e. The van der Waals surface area contributed by atoms with Gasteiger partial charge in [-0.15, -0.1) is 11.3 Å². The van der Waals surface area contributed by atoms with Crippen LogP contribution in [0.15, 0.2) is 57.9 Å². The van der Waals surface area contributed by atoms with E-state index in [9.17, 15) is 13.2 Å². The molecule has 0 aliphatic carbocycles. The molecule has 0 saturated heterocycles. The fourth-order valence-corrected chi connectivity index (χ4v) is 5.24. The van der Waals surface area contributed by atoms with E-state index in [4.69, 9.17) is 0 Å². The first-order chi connectivity index (χ1) is 12.5. The number of fused-ring (bicyclic) bond motifs is 1. The zero-order valence-corrected chi connectivity index (χ0v) is 16.8. The van der Waals surface area contributed by atoms with Crippen LogP contribution in [-0.4, -0.2) is 25.9 Å². The molecule has 3 rings (SSSR count). The normalized spacial score (nSPS) is 11.6. The van der Waals surface area contributed by atoms with Crippen LogP contribution in [0.1, 0.15) is 11.4 Å². The fourth-order valence-electron chi connectivity index (χ4n) is 2.30. The Morgan fingerprint density at radius 3 is 2.62 bits per heavy atom. The molecule has 0 spiro atoms. The van der Waals surface area contributed by atoms with Gasteiger partial charge in [-0.1, -0.05) is 24.3 Å². The van der Waals surface area contributed by atoms with Crippen molar-refractivity contribution in [2.24, 2.45) is 0 Å². The van der Waals surface area contributed by atoms with Gasteiger partial charge in [-0.05, 0) is 40.2 Å². The summed E-state index contributed by atoms with van der Waals surface area (Å²) in [7, 11) is -3.66. The number of hydrogen-bond donors (Lipinski definition) is 2. The Balaban J connectivity index is 1.49. The Bertz CT molecular complexity index is 1000. The van der Waals surface area contributed by atoms with Crippen molar-refractivity contribution < 1.29 is 13.2 Å². The second-order valence-corrected chi connectivity index (χ2v) is 9.14. The van der Waals surface area contributed by atoms with Gasteiger partial charge < -0.3 is 5.32 Å². The van der Waals surface area contributed by atoms with E-state index in [0.29, 0.717) is 11.0 Å². The number of thiazole rings is 1. The fraction of sp³-hybridized carbons (Fsp3) is 0.176. The number of sulfonamides is 1. The number of para-hydroxylation sites is 1. The van der Waals surface area contributed by atoms with Gasteiger partial charge in [0.2, 0.25) is 15.9 Å². The molecule has 0 atom stereocenters. The summed E-state index contributed by atoms with van der Waals surface area (Å²) in [6.07, 6.45) is 0.0502. The minimum atomic E-state index is -3.66. The van der Waals surface area contributed by atoms with Gasteiger partial charge in [-0.3, -0.25) is 4.79 Å². The molecule has 3 aromatic rings. The van der Waals surface area contributed by atoms with Crippen molar-refractivity contribution in [3.8, 4) is 0 Å². The summed E-state index contributed by atoms with van der Waals surface area (Å²) in [6.45, 7) is 0.352.